The molecule has 1 N–H and O–H groups in total. The van der Waals surface area contributed by atoms with Crippen molar-refractivity contribution in [3.8, 4) is 5.75 Å². The van der Waals surface area contributed by atoms with Crippen molar-refractivity contribution in [1.29, 1.82) is 0 Å². The lowest BCUT2D eigenvalue weighted by atomic mass is 10.1. The first-order chi connectivity index (χ1) is 11.9. The highest BCUT2D eigenvalue weighted by Crippen LogP contribution is 2.36. The second-order valence-electron chi connectivity index (χ2n) is 5.80. The number of hydrogen-bond acceptors (Lipinski definition) is 3. The number of hydrogen-bond donors (Lipinski definition) is 1. The predicted molar refractivity (Wildman–Crippen MR) is 104 cm³/mol. The van der Waals surface area contributed by atoms with Crippen molar-refractivity contribution in [3.05, 3.63) is 63.0 Å². The van der Waals surface area contributed by atoms with E-state index in [1.165, 1.54) is 6.07 Å². The number of nitrogens with zero attached hydrogens (tertiary/aromatic N) is 1. The second-order valence-corrected chi connectivity index (χ2v) is 7.09. The number of aromatic nitrogens is 1. The smallest absolute Gasteiger partial charge is 0.128 e. The van der Waals surface area contributed by atoms with E-state index < -0.39 is 0 Å². The molecular formula is C19H17BrClFN2O. The molecule has 25 heavy (non-hydrogen) atoms. The number of benzene rings is 2. The zero-order chi connectivity index (χ0) is 18.1. The normalized spacial score (nSPS) is 12.2. The standard InChI is InChI=1S/C19H17BrClFN2O/c1-10(14-9-13(25-3)5-6-16(14)22)24-19-15-8-12(20)4-7-17(15)23-11(2)18(19)21/h4-10H,1-3H3,(H,23,24). The third-order valence-corrected chi connectivity index (χ3v) is 5.04. The number of anilines is 1. The van der Waals surface area contributed by atoms with E-state index in [9.17, 15) is 4.39 Å². The van der Waals surface area contributed by atoms with Gasteiger partial charge in [0.15, 0.2) is 0 Å². The molecule has 0 bridgehead atoms. The predicted octanol–water partition coefficient (Wildman–Crippen LogP) is 6.28. The van der Waals surface area contributed by atoms with Gasteiger partial charge in [0.05, 0.1) is 35.1 Å². The lowest BCUT2D eigenvalue weighted by Crippen LogP contribution is -2.10. The quantitative estimate of drug-likeness (QED) is 0.536. The van der Waals surface area contributed by atoms with Gasteiger partial charge in [-0.2, -0.15) is 0 Å². The van der Waals surface area contributed by atoms with Crippen LogP contribution in [0.2, 0.25) is 5.02 Å². The Kier molecular flexibility index (Phi) is 5.16. The summed E-state index contributed by atoms with van der Waals surface area (Å²) < 4.78 is 20.4. The molecule has 3 nitrogen and oxygen atoms in total. The van der Waals surface area contributed by atoms with Gasteiger partial charge in [0.2, 0.25) is 0 Å². The van der Waals surface area contributed by atoms with E-state index in [-0.39, 0.29) is 11.9 Å². The Morgan fingerprint density at radius 3 is 2.72 bits per heavy atom. The molecule has 3 rings (SSSR count). The van der Waals surface area contributed by atoms with Crippen LogP contribution >= 0.6 is 27.5 Å². The van der Waals surface area contributed by atoms with Gasteiger partial charge in [-0.05, 0) is 50.2 Å². The highest BCUT2D eigenvalue weighted by Gasteiger charge is 2.17. The number of aryl methyl sites for hydroxylation is 1. The van der Waals surface area contributed by atoms with Crippen LogP contribution < -0.4 is 10.1 Å². The Hall–Kier alpha value is -1.85. The lowest BCUT2D eigenvalue weighted by Gasteiger charge is -2.20. The summed E-state index contributed by atoms with van der Waals surface area (Å²) in [6, 6.07) is 10.2. The number of methoxy groups -OCH3 is 1. The Bertz CT molecular complexity index is 948. The van der Waals surface area contributed by atoms with Crippen LogP contribution in [0.4, 0.5) is 10.1 Å². The van der Waals surface area contributed by atoms with Crippen LogP contribution in [0.5, 0.6) is 5.75 Å². The van der Waals surface area contributed by atoms with Crippen molar-refractivity contribution in [1.82, 2.24) is 4.98 Å². The largest absolute Gasteiger partial charge is 0.497 e. The van der Waals surface area contributed by atoms with Gasteiger partial charge in [0.25, 0.3) is 0 Å². The highest BCUT2D eigenvalue weighted by atomic mass is 79.9. The molecule has 0 amide bonds. The molecule has 1 unspecified atom stereocenters. The first kappa shape index (κ1) is 18.0. The molecule has 130 valence electrons. The number of nitrogens with one attached hydrogen (secondary N) is 1. The van der Waals surface area contributed by atoms with Crippen molar-refractivity contribution >= 4 is 44.1 Å². The molecule has 0 spiro atoms. The van der Waals surface area contributed by atoms with E-state index in [2.05, 4.69) is 26.2 Å². The summed E-state index contributed by atoms with van der Waals surface area (Å²) in [5.41, 5.74) is 2.79. The van der Waals surface area contributed by atoms with Crippen LogP contribution in [-0.4, -0.2) is 12.1 Å². The van der Waals surface area contributed by atoms with E-state index in [1.807, 2.05) is 32.0 Å². The fraction of sp³-hybridized carbons (Fsp3) is 0.211. The van der Waals surface area contributed by atoms with Gasteiger partial charge >= 0.3 is 0 Å². The maximum Gasteiger partial charge on any atom is 0.128 e. The van der Waals surface area contributed by atoms with E-state index in [0.717, 1.165) is 26.8 Å². The van der Waals surface area contributed by atoms with Crippen LogP contribution in [0.25, 0.3) is 10.9 Å². The third-order valence-electron chi connectivity index (χ3n) is 4.08. The van der Waals surface area contributed by atoms with Gasteiger partial charge in [0, 0.05) is 15.4 Å². The molecule has 6 heteroatoms. The van der Waals surface area contributed by atoms with Crippen molar-refractivity contribution in [2.75, 3.05) is 12.4 Å². The van der Waals surface area contributed by atoms with Gasteiger partial charge < -0.3 is 10.1 Å². The molecule has 0 radical (unpaired) electrons. The second kappa shape index (κ2) is 7.18. The summed E-state index contributed by atoms with van der Waals surface area (Å²) >= 11 is 9.97. The summed E-state index contributed by atoms with van der Waals surface area (Å²) in [5.74, 6) is 0.308. The molecule has 0 aliphatic carbocycles. The number of fused-ring (bicyclic) bond motifs is 1. The maximum absolute atomic E-state index is 14.3. The Labute approximate surface area is 159 Å². The molecular weight excluding hydrogens is 407 g/mol. The van der Waals surface area contributed by atoms with Crippen molar-refractivity contribution in [2.45, 2.75) is 19.9 Å². The van der Waals surface area contributed by atoms with E-state index in [4.69, 9.17) is 16.3 Å². The summed E-state index contributed by atoms with van der Waals surface area (Å²) in [4.78, 5) is 4.52. The summed E-state index contributed by atoms with van der Waals surface area (Å²) in [6.07, 6.45) is 0. The zero-order valence-electron chi connectivity index (χ0n) is 14.0. The van der Waals surface area contributed by atoms with E-state index in [1.54, 1.807) is 19.2 Å². The summed E-state index contributed by atoms with van der Waals surface area (Å²) in [5, 5.41) is 4.74. The van der Waals surface area contributed by atoms with Gasteiger partial charge in [-0.3, -0.25) is 4.98 Å². The zero-order valence-corrected chi connectivity index (χ0v) is 16.4. The molecule has 0 aliphatic heterocycles. The van der Waals surface area contributed by atoms with Gasteiger partial charge in [-0.1, -0.05) is 27.5 Å². The number of rotatable bonds is 4. The molecule has 2 aromatic carbocycles. The molecule has 0 aliphatic rings. The fourth-order valence-electron chi connectivity index (χ4n) is 2.75. The molecule has 1 atom stereocenters. The minimum atomic E-state index is -0.309. The van der Waals surface area contributed by atoms with Gasteiger partial charge in [0.1, 0.15) is 11.6 Å². The topological polar surface area (TPSA) is 34.1 Å². The van der Waals surface area contributed by atoms with Crippen LogP contribution in [0, 0.1) is 12.7 Å². The van der Waals surface area contributed by atoms with Crippen LogP contribution in [0.15, 0.2) is 40.9 Å². The Balaban J connectivity index is 2.08. The molecule has 1 aromatic heterocycles. The molecule has 0 saturated heterocycles. The maximum atomic E-state index is 14.3. The van der Waals surface area contributed by atoms with Crippen molar-refractivity contribution < 1.29 is 9.13 Å². The van der Waals surface area contributed by atoms with Crippen molar-refractivity contribution in [3.63, 3.8) is 0 Å². The first-order valence-electron chi connectivity index (χ1n) is 7.76. The third kappa shape index (κ3) is 3.58. The fourth-order valence-corrected chi connectivity index (χ4v) is 3.31. The average molecular weight is 424 g/mol. The van der Waals surface area contributed by atoms with Crippen LogP contribution in [-0.2, 0) is 0 Å². The number of halogens is 3. The average Bonchev–Trinajstić information content (AvgIpc) is 2.60. The Morgan fingerprint density at radius 2 is 2.00 bits per heavy atom. The van der Waals surface area contributed by atoms with Crippen LogP contribution in [0.3, 0.4) is 0 Å². The summed E-state index contributed by atoms with van der Waals surface area (Å²) in [6.45, 7) is 3.74. The minimum Gasteiger partial charge on any atom is -0.497 e. The first-order valence-corrected chi connectivity index (χ1v) is 8.93. The molecule has 0 saturated carbocycles. The summed E-state index contributed by atoms with van der Waals surface area (Å²) in [7, 11) is 1.56. The molecule has 3 aromatic rings. The Morgan fingerprint density at radius 1 is 1.24 bits per heavy atom. The van der Waals surface area contributed by atoms with Crippen LogP contribution in [0.1, 0.15) is 24.2 Å². The molecule has 1 heterocycles. The van der Waals surface area contributed by atoms with Gasteiger partial charge in [-0.15, -0.1) is 0 Å². The number of pyridine rings is 1. The number of ether oxygens (including phenoxy) is 1. The monoisotopic (exact) mass is 422 g/mol. The lowest BCUT2D eigenvalue weighted by molar-refractivity contribution is 0.412. The van der Waals surface area contributed by atoms with Gasteiger partial charge in [-0.25, -0.2) is 4.39 Å². The van der Waals surface area contributed by atoms with E-state index >= 15 is 0 Å². The minimum absolute atomic E-state index is 0.298. The highest BCUT2D eigenvalue weighted by molar-refractivity contribution is 9.10. The van der Waals surface area contributed by atoms with Crippen molar-refractivity contribution in [2.24, 2.45) is 0 Å². The SMILES string of the molecule is COc1ccc(F)c(C(C)Nc2c(Cl)c(C)nc3ccc(Br)cc23)c1. The molecule has 0 fully saturated rings. The van der Waals surface area contributed by atoms with E-state index in [0.29, 0.717) is 16.3 Å².